The minimum absolute atomic E-state index is 0.668. The van der Waals surface area contributed by atoms with Gasteiger partial charge in [0, 0.05) is 42.1 Å². The van der Waals surface area contributed by atoms with E-state index in [-0.39, 0.29) is 0 Å². The second-order valence-electron chi connectivity index (χ2n) is 6.04. The molecule has 0 aliphatic heterocycles. The van der Waals surface area contributed by atoms with Gasteiger partial charge in [0.25, 0.3) is 0 Å². The average molecular weight is 373 g/mol. The first-order chi connectivity index (χ1) is 13.3. The van der Waals surface area contributed by atoms with E-state index in [4.69, 9.17) is 0 Å². The molecular weight excluding hydrogens is 358 g/mol. The molecule has 0 unspecified atom stereocenters. The fourth-order valence-electron chi connectivity index (χ4n) is 2.95. The molecule has 7 nitrogen and oxygen atoms in total. The van der Waals surface area contributed by atoms with E-state index < -0.39 is 0 Å². The number of benzene rings is 1. The Bertz CT molecular complexity index is 1220. The van der Waals surface area contributed by atoms with Crippen molar-refractivity contribution >= 4 is 27.9 Å². The summed E-state index contributed by atoms with van der Waals surface area (Å²) in [5.74, 6) is 0.668. The van der Waals surface area contributed by atoms with E-state index in [1.807, 2.05) is 71.9 Å². The first kappa shape index (κ1) is 15.7. The lowest BCUT2D eigenvalue weighted by Crippen LogP contribution is -1.98. The molecule has 0 saturated heterocycles. The molecule has 5 aromatic rings. The molecule has 0 bridgehead atoms. The number of nitrogens with one attached hydrogen (secondary N) is 1. The second kappa shape index (κ2) is 6.33. The Kier molecular flexibility index (Phi) is 3.68. The number of anilines is 2. The van der Waals surface area contributed by atoms with E-state index >= 15 is 0 Å². The van der Waals surface area contributed by atoms with Crippen LogP contribution in [0.4, 0.5) is 10.9 Å². The molecular formula is C19H15N7S. The molecule has 8 heteroatoms. The lowest BCUT2D eigenvalue weighted by Gasteiger charge is -2.04. The van der Waals surface area contributed by atoms with Crippen molar-refractivity contribution in [3.63, 3.8) is 0 Å². The van der Waals surface area contributed by atoms with Crippen LogP contribution in [0.15, 0.2) is 66.7 Å². The van der Waals surface area contributed by atoms with Crippen molar-refractivity contribution in [3.05, 3.63) is 66.7 Å². The number of aromatic nitrogens is 6. The second-order valence-corrected chi connectivity index (χ2v) is 6.90. The van der Waals surface area contributed by atoms with Crippen LogP contribution in [0.5, 0.6) is 0 Å². The van der Waals surface area contributed by atoms with Gasteiger partial charge in [-0.15, -0.1) is 11.3 Å². The van der Waals surface area contributed by atoms with Crippen molar-refractivity contribution in [2.75, 3.05) is 5.32 Å². The van der Waals surface area contributed by atoms with Crippen molar-refractivity contribution in [1.82, 2.24) is 29.1 Å². The number of imidazole rings is 1. The number of aryl methyl sites for hydroxylation is 1. The summed E-state index contributed by atoms with van der Waals surface area (Å²) in [5, 5.41) is 10.3. The van der Waals surface area contributed by atoms with Gasteiger partial charge in [-0.2, -0.15) is 5.10 Å². The Balaban J connectivity index is 1.49. The van der Waals surface area contributed by atoms with Gasteiger partial charge in [0.1, 0.15) is 0 Å². The molecule has 0 fully saturated rings. The smallest absolute Gasteiger partial charge is 0.188 e. The highest BCUT2D eigenvalue weighted by Crippen LogP contribution is 2.29. The summed E-state index contributed by atoms with van der Waals surface area (Å²) in [5.41, 5.74) is 4.74. The summed E-state index contributed by atoms with van der Waals surface area (Å²) >= 11 is 1.54. The first-order valence-electron chi connectivity index (χ1n) is 8.37. The standard InChI is InChI=1S/C19H15N7S/c1-25-11-14(9-22-25)16-10-21-18-17(20-7-8-26(16)18)24-19-23-15(12-27-19)13-5-3-2-4-6-13/h2-12H,1H3,(H,20,23,24). The normalized spacial score (nSPS) is 11.1. The first-order valence-corrected chi connectivity index (χ1v) is 9.25. The highest BCUT2D eigenvalue weighted by molar-refractivity contribution is 7.14. The molecule has 0 atom stereocenters. The number of thiazole rings is 1. The van der Waals surface area contributed by atoms with Crippen LogP contribution in [0.3, 0.4) is 0 Å². The van der Waals surface area contributed by atoms with Crippen LogP contribution in [-0.2, 0) is 7.05 Å². The molecule has 0 amide bonds. The van der Waals surface area contributed by atoms with E-state index in [2.05, 4.69) is 25.4 Å². The van der Waals surface area contributed by atoms with E-state index in [0.717, 1.165) is 33.3 Å². The summed E-state index contributed by atoms with van der Waals surface area (Å²) in [6.45, 7) is 0. The van der Waals surface area contributed by atoms with Gasteiger partial charge in [-0.1, -0.05) is 30.3 Å². The third-order valence-corrected chi connectivity index (χ3v) is 4.99. The van der Waals surface area contributed by atoms with Crippen LogP contribution in [0.25, 0.3) is 28.2 Å². The molecule has 0 spiro atoms. The largest absolute Gasteiger partial charge is 0.313 e. The van der Waals surface area contributed by atoms with Crippen LogP contribution in [0.1, 0.15) is 0 Å². The van der Waals surface area contributed by atoms with Crippen molar-refractivity contribution in [1.29, 1.82) is 0 Å². The third-order valence-electron chi connectivity index (χ3n) is 4.23. The third kappa shape index (κ3) is 2.85. The molecule has 132 valence electrons. The van der Waals surface area contributed by atoms with Crippen molar-refractivity contribution < 1.29 is 0 Å². The van der Waals surface area contributed by atoms with E-state index in [1.54, 1.807) is 22.2 Å². The van der Waals surface area contributed by atoms with Crippen LogP contribution >= 0.6 is 11.3 Å². The Morgan fingerprint density at radius 2 is 1.93 bits per heavy atom. The van der Waals surface area contributed by atoms with Gasteiger partial charge in [0.2, 0.25) is 0 Å². The summed E-state index contributed by atoms with van der Waals surface area (Å²) in [7, 11) is 1.90. The summed E-state index contributed by atoms with van der Waals surface area (Å²) in [6.07, 6.45) is 9.26. The molecule has 5 rings (SSSR count). The van der Waals surface area contributed by atoms with E-state index in [1.165, 1.54) is 0 Å². The maximum absolute atomic E-state index is 4.67. The van der Waals surface area contributed by atoms with Gasteiger partial charge < -0.3 is 5.32 Å². The van der Waals surface area contributed by atoms with Crippen LogP contribution in [0.2, 0.25) is 0 Å². The lowest BCUT2D eigenvalue weighted by atomic mass is 10.2. The molecule has 0 saturated carbocycles. The quantitative estimate of drug-likeness (QED) is 0.515. The van der Waals surface area contributed by atoms with Crippen molar-refractivity contribution in [2.45, 2.75) is 0 Å². The highest BCUT2D eigenvalue weighted by atomic mass is 32.1. The Morgan fingerprint density at radius 3 is 2.74 bits per heavy atom. The molecule has 4 aromatic heterocycles. The fourth-order valence-corrected chi connectivity index (χ4v) is 3.67. The van der Waals surface area contributed by atoms with Crippen LogP contribution < -0.4 is 5.32 Å². The number of nitrogens with zero attached hydrogens (tertiary/aromatic N) is 6. The van der Waals surface area contributed by atoms with Gasteiger partial charge in [-0.05, 0) is 0 Å². The molecule has 0 aliphatic rings. The number of hydrogen-bond acceptors (Lipinski definition) is 6. The van der Waals surface area contributed by atoms with Gasteiger partial charge >= 0.3 is 0 Å². The monoisotopic (exact) mass is 373 g/mol. The van der Waals surface area contributed by atoms with E-state index in [0.29, 0.717) is 5.82 Å². The van der Waals surface area contributed by atoms with Gasteiger partial charge in [-0.25, -0.2) is 15.0 Å². The Labute approximate surface area is 159 Å². The molecule has 1 N–H and O–H groups in total. The molecule has 4 heterocycles. The topological polar surface area (TPSA) is 72.9 Å². The van der Waals surface area contributed by atoms with Gasteiger partial charge in [0.05, 0.1) is 23.8 Å². The maximum atomic E-state index is 4.67. The summed E-state index contributed by atoms with van der Waals surface area (Å²) in [4.78, 5) is 13.7. The fraction of sp³-hybridized carbons (Fsp3) is 0.0526. The zero-order chi connectivity index (χ0) is 18.2. The lowest BCUT2D eigenvalue weighted by molar-refractivity contribution is 0.768. The maximum Gasteiger partial charge on any atom is 0.188 e. The van der Waals surface area contributed by atoms with Gasteiger partial charge in [-0.3, -0.25) is 9.08 Å². The molecule has 1 aromatic carbocycles. The number of hydrogen-bond donors (Lipinski definition) is 1. The average Bonchev–Trinajstić information content (AvgIpc) is 3.42. The molecule has 0 aliphatic carbocycles. The summed E-state index contributed by atoms with van der Waals surface area (Å²) in [6, 6.07) is 10.1. The minimum atomic E-state index is 0.668. The van der Waals surface area contributed by atoms with Crippen LogP contribution in [-0.4, -0.2) is 29.1 Å². The Morgan fingerprint density at radius 1 is 1.04 bits per heavy atom. The van der Waals surface area contributed by atoms with Crippen LogP contribution in [0, 0.1) is 0 Å². The SMILES string of the molecule is Cn1cc(-c2cnc3c(Nc4nc(-c5ccccc5)cs4)nccn23)cn1. The summed E-state index contributed by atoms with van der Waals surface area (Å²) < 4.78 is 3.77. The predicted octanol–water partition coefficient (Wildman–Crippen LogP) is 4.00. The number of fused-ring (bicyclic) bond motifs is 1. The Hall–Kier alpha value is -3.52. The minimum Gasteiger partial charge on any atom is -0.313 e. The van der Waals surface area contributed by atoms with E-state index in [9.17, 15) is 0 Å². The predicted molar refractivity (Wildman–Crippen MR) is 106 cm³/mol. The molecule has 27 heavy (non-hydrogen) atoms. The zero-order valence-corrected chi connectivity index (χ0v) is 15.3. The highest BCUT2D eigenvalue weighted by Gasteiger charge is 2.13. The zero-order valence-electron chi connectivity index (χ0n) is 14.4. The van der Waals surface area contributed by atoms with Gasteiger partial charge in [0.15, 0.2) is 16.6 Å². The number of rotatable bonds is 4. The van der Waals surface area contributed by atoms with Crippen molar-refractivity contribution in [3.8, 4) is 22.5 Å². The van der Waals surface area contributed by atoms with Crippen molar-refractivity contribution in [2.24, 2.45) is 7.05 Å². The molecule has 0 radical (unpaired) electrons.